The third-order valence-corrected chi connectivity index (χ3v) is 5.62. The lowest BCUT2D eigenvalue weighted by Crippen LogP contribution is -2.40. The quantitative estimate of drug-likeness (QED) is 0.695. The fourth-order valence-corrected chi connectivity index (χ4v) is 4.46. The first-order valence-corrected chi connectivity index (χ1v) is 9.81. The molecule has 0 radical (unpaired) electrons. The number of halogens is 1. The first-order chi connectivity index (χ1) is 12.5. The molecule has 0 aliphatic carbocycles. The zero-order valence-electron chi connectivity index (χ0n) is 16.2. The van der Waals surface area contributed by atoms with Crippen LogP contribution in [0.25, 0.3) is 0 Å². The van der Waals surface area contributed by atoms with Crippen LogP contribution in [0.2, 0.25) is 0 Å². The van der Waals surface area contributed by atoms with Gasteiger partial charge in [0.1, 0.15) is 0 Å². The number of fused-ring (bicyclic) bond motifs is 2. The summed E-state index contributed by atoms with van der Waals surface area (Å²) in [6.07, 6.45) is 5.34. The number of hydrogen-bond donors (Lipinski definition) is 2. The summed E-state index contributed by atoms with van der Waals surface area (Å²) in [5, 5.41) is 6.72. The Balaban J connectivity index is 0.00000261. The van der Waals surface area contributed by atoms with Crippen LogP contribution in [0.4, 0.5) is 0 Å². The second kappa shape index (κ2) is 10.1. The molecular formula is C21H31ClN2O3. The Hall–Kier alpha value is -1.59. The second-order valence-electron chi connectivity index (χ2n) is 7.67. The van der Waals surface area contributed by atoms with Crippen LogP contribution in [0.15, 0.2) is 24.3 Å². The van der Waals surface area contributed by atoms with Gasteiger partial charge < -0.3 is 15.4 Å². The van der Waals surface area contributed by atoms with Gasteiger partial charge in [-0.15, -0.1) is 12.4 Å². The van der Waals surface area contributed by atoms with E-state index in [0.717, 1.165) is 24.0 Å². The van der Waals surface area contributed by atoms with E-state index in [9.17, 15) is 9.59 Å². The fraction of sp³-hybridized carbons (Fsp3) is 0.619. The highest BCUT2D eigenvalue weighted by Gasteiger charge is 2.34. The van der Waals surface area contributed by atoms with E-state index in [-0.39, 0.29) is 36.7 Å². The molecule has 27 heavy (non-hydrogen) atoms. The molecular weight excluding hydrogens is 364 g/mol. The number of benzene rings is 1. The van der Waals surface area contributed by atoms with Crippen molar-refractivity contribution >= 4 is 24.3 Å². The van der Waals surface area contributed by atoms with Crippen LogP contribution in [-0.4, -0.2) is 30.6 Å². The van der Waals surface area contributed by atoms with Crippen molar-refractivity contribution in [3.8, 4) is 0 Å². The molecule has 0 saturated carbocycles. The molecule has 2 heterocycles. The van der Waals surface area contributed by atoms with Gasteiger partial charge in [0.2, 0.25) is 5.91 Å². The summed E-state index contributed by atoms with van der Waals surface area (Å²) in [4.78, 5) is 24.7. The SMILES string of the molecule is CCOC(=O)CC(NC(=O)CC1CC2CCC(C1)N2)c1ccccc1C.Cl. The minimum Gasteiger partial charge on any atom is -0.466 e. The first kappa shape index (κ1) is 21.7. The van der Waals surface area contributed by atoms with Crippen molar-refractivity contribution in [3.05, 3.63) is 35.4 Å². The molecule has 3 atom stereocenters. The molecule has 1 aromatic carbocycles. The van der Waals surface area contributed by atoms with Gasteiger partial charge >= 0.3 is 5.97 Å². The number of rotatable bonds is 7. The Kier molecular flexibility index (Phi) is 8.11. The number of aryl methyl sites for hydroxylation is 1. The zero-order chi connectivity index (χ0) is 18.5. The number of nitrogens with one attached hydrogen (secondary N) is 2. The van der Waals surface area contributed by atoms with Gasteiger partial charge in [0.25, 0.3) is 0 Å². The average molecular weight is 395 g/mol. The van der Waals surface area contributed by atoms with E-state index in [1.165, 1.54) is 12.8 Å². The average Bonchev–Trinajstić information content (AvgIpc) is 2.93. The number of esters is 1. The lowest BCUT2D eigenvalue weighted by molar-refractivity contribution is -0.143. The van der Waals surface area contributed by atoms with Crippen LogP contribution in [0.1, 0.15) is 62.6 Å². The Labute approximate surface area is 168 Å². The van der Waals surface area contributed by atoms with Crippen LogP contribution in [0.5, 0.6) is 0 Å². The van der Waals surface area contributed by atoms with E-state index < -0.39 is 0 Å². The Bertz CT molecular complexity index is 640. The number of carbonyl (C=O) groups excluding carboxylic acids is 2. The maximum Gasteiger partial charge on any atom is 0.308 e. The lowest BCUT2D eigenvalue weighted by atomic mass is 9.89. The molecule has 2 bridgehead atoms. The third-order valence-electron chi connectivity index (χ3n) is 5.62. The predicted octanol–water partition coefficient (Wildman–Crippen LogP) is 3.45. The largest absolute Gasteiger partial charge is 0.466 e. The van der Waals surface area contributed by atoms with Gasteiger partial charge in [0, 0.05) is 18.5 Å². The normalized spacial score (nSPS) is 24.6. The van der Waals surface area contributed by atoms with E-state index >= 15 is 0 Å². The van der Waals surface area contributed by atoms with Crippen LogP contribution in [0.3, 0.4) is 0 Å². The highest BCUT2D eigenvalue weighted by atomic mass is 35.5. The Morgan fingerprint density at radius 1 is 1.22 bits per heavy atom. The van der Waals surface area contributed by atoms with Gasteiger partial charge in [-0.3, -0.25) is 9.59 Å². The standard InChI is InChI=1S/C21H30N2O3.ClH/c1-3-26-21(25)13-19(18-7-5-4-6-14(18)2)23-20(24)12-15-10-16-8-9-17(11-15)22-16;/h4-7,15-17,19,22H,3,8-13H2,1-2H3,(H,23,24);1H. The zero-order valence-corrected chi connectivity index (χ0v) is 17.0. The molecule has 6 heteroatoms. The van der Waals surface area contributed by atoms with Crippen molar-refractivity contribution in [2.24, 2.45) is 5.92 Å². The predicted molar refractivity (Wildman–Crippen MR) is 108 cm³/mol. The van der Waals surface area contributed by atoms with Gasteiger partial charge in [-0.05, 0) is 56.6 Å². The van der Waals surface area contributed by atoms with Crippen molar-refractivity contribution in [1.29, 1.82) is 0 Å². The van der Waals surface area contributed by atoms with E-state index in [4.69, 9.17) is 4.74 Å². The first-order valence-electron chi connectivity index (χ1n) is 9.81. The minimum atomic E-state index is -0.332. The molecule has 2 saturated heterocycles. The van der Waals surface area contributed by atoms with Crippen molar-refractivity contribution in [1.82, 2.24) is 10.6 Å². The summed E-state index contributed by atoms with van der Waals surface area (Å²) in [7, 11) is 0. The number of amides is 1. The summed E-state index contributed by atoms with van der Waals surface area (Å²) < 4.78 is 5.10. The number of carbonyl (C=O) groups is 2. The van der Waals surface area contributed by atoms with Crippen LogP contribution in [0, 0.1) is 12.8 Å². The monoisotopic (exact) mass is 394 g/mol. The van der Waals surface area contributed by atoms with Crippen molar-refractivity contribution in [3.63, 3.8) is 0 Å². The van der Waals surface area contributed by atoms with Crippen LogP contribution in [-0.2, 0) is 14.3 Å². The number of hydrogen-bond acceptors (Lipinski definition) is 4. The van der Waals surface area contributed by atoms with Crippen LogP contribution >= 0.6 is 12.4 Å². The smallest absolute Gasteiger partial charge is 0.308 e. The van der Waals surface area contributed by atoms with Crippen molar-refractivity contribution in [2.45, 2.75) is 70.5 Å². The summed E-state index contributed by atoms with van der Waals surface area (Å²) in [6.45, 7) is 4.15. The molecule has 2 fully saturated rings. The van der Waals surface area contributed by atoms with Gasteiger partial charge in [0.05, 0.1) is 19.1 Å². The summed E-state index contributed by atoms with van der Waals surface area (Å²) in [6, 6.07) is 8.72. The molecule has 1 amide bonds. The molecule has 5 nitrogen and oxygen atoms in total. The maximum absolute atomic E-state index is 12.7. The van der Waals surface area contributed by atoms with Gasteiger partial charge in [-0.25, -0.2) is 0 Å². The van der Waals surface area contributed by atoms with Crippen LogP contribution < -0.4 is 10.6 Å². The fourth-order valence-electron chi connectivity index (χ4n) is 4.46. The van der Waals surface area contributed by atoms with Crippen molar-refractivity contribution < 1.29 is 14.3 Å². The molecule has 150 valence electrons. The van der Waals surface area contributed by atoms with E-state index in [2.05, 4.69) is 10.6 Å². The van der Waals surface area contributed by atoms with Gasteiger partial charge in [-0.2, -0.15) is 0 Å². The highest BCUT2D eigenvalue weighted by molar-refractivity contribution is 5.85. The molecule has 0 spiro atoms. The van der Waals surface area contributed by atoms with Crippen molar-refractivity contribution in [2.75, 3.05) is 6.61 Å². The molecule has 2 aliphatic rings. The minimum absolute atomic E-state index is 0. The number of ether oxygens (including phenoxy) is 1. The molecule has 1 aromatic rings. The summed E-state index contributed by atoms with van der Waals surface area (Å²) in [5.74, 6) is 0.198. The molecule has 3 unspecified atom stereocenters. The van der Waals surface area contributed by atoms with Gasteiger partial charge in [-0.1, -0.05) is 24.3 Å². The molecule has 2 N–H and O–H groups in total. The Morgan fingerprint density at radius 3 is 2.52 bits per heavy atom. The second-order valence-corrected chi connectivity index (χ2v) is 7.67. The Morgan fingerprint density at radius 2 is 1.89 bits per heavy atom. The molecule has 3 rings (SSSR count). The van der Waals surface area contributed by atoms with Gasteiger partial charge in [0.15, 0.2) is 0 Å². The van der Waals surface area contributed by atoms with E-state index in [0.29, 0.717) is 31.0 Å². The summed E-state index contributed by atoms with van der Waals surface area (Å²) >= 11 is 0. The highest BCUT2D eigenvalue weighted by Crippen LogP contribution is 2.33. The third kappa shape index (κ3) is 5.94. The topological polar surface area (TPSA) is 67.4 Å². The lowest BCUT2D eigenvalue weighted by Gasteiger charge is -2.29. The summed E-state index contributed by atoms with van der Waals surface area (Å²) in [5.41, 5.74) is 2.06. The van der Waals surface area contributed by atoms with E-state index in [1.807, 2.05) is 31.2 Å². The molecule has 2 aliphatic heterocycles. The number of piperidine rings is 1. The maximum atomic E-state index is 12.7. The van der Waals surface area contributed by atoms with E-state index in [1.54, 1.807) is 6.92 Å². The molecule has 0 aromatic heterocycles.